The Morgan fingerprint density at radius 2 is 1.77 bits per heavy atom. The smallest absolute Gasteiger partial charge is 0.220 e. The van der Waals surface area contributed by atoms with Gasteiger partial charge in [0.05, 0.1) is 32.5 Å². The van der Waals surface area contributed by atoms with Crippen molar-refractivity contribution in [1.82, 2.24) is 5.32 Å². The number of carbonyl (C=O) groups excluding carboxylic acids is 1. The zero-order chi connectivity index (χ0) is 28.8. The summed E-state index contributed by atoms with van der Waals surface area (Å²) in [4.78, 5) is 12.8. The molecule has 224 valence electrons. The molecule has 1 amide bonds. The van der Waals surface area contributed by atoms with Gasteiger partial charge in [0.15, 0.2) is 11.5 Å². The summed E-state index contributed by atoms with van der Waals surface area (Å²) in [5.41, 5.74) is 0.801. The number of methoxy groups -OCH3 is 2. The summed E-state index contributed by atoms with van der Waals surface area (Å²) >= 11 is 0. The van der Waals surface area contributed by atoms with Crippen LogP contribution in [0.2, 0.25) is 0 Å². The van der Waals surface area contributed by atoms with Gasteiger partial charge < -0.3 is 30.1 Å². The summed E-state index contributed by atoms with van der Waals surface area (Å²) in [7, 11) is 3.21. The molecule has 0 unspecified atom stereocenters. The van der Waals surface area contributed by atoms with E-state index in [9.17, 15) is 20.1 Å². The number of hydrogen-bond acceptors (Lipinski definition) is 6. The average molecular weight is 558 g/mol. The largest absolute Gasteiger partial charge is 0.493 e. The molecule has 0 spiro atoms. The molecule has 40 heavy (non-hydrogen) atoms. The highest BCUT2D eigenvalue weighted by molar-refractivity contribution is 5.75. The molecule has 5 rings (SSSR count). The predicted molar refractivity (Wildman–Crippen MR) is 154 cm³/mol. The van der Waals surface area contributed by atoms with Crippen molar-refractivity contribution in [2.45, 2.75) is 103 Å². The number of fused-ring (bicyclic) bond motifs is 5. The molecule has 0 heterocycles. The zero-order valence-corrected chi connectivity index (χ0v) is 25.1. The van der Waals surface area contributed by atoms with E-state index in [4.69, 9.17) is 9.47 Å². The van der Waals surface area contributed by atoms with Crippen molar-refractivity contribution in [2.75, 3.05) is 14.2 Å². The second-order valence-corrected chi connectivity index (χ2v) is 14.0. The first-order chi connectivity index (χ1) is 19.0. The molecular weight excluding hydrogens is 506 g/mol. The van der Waals surface area contributed by atoms with Crippen molar-refractivity contribution >= 4 is 5.91 Å². The fraction of sp³-hybridized carbons (Fsp3) is 0.788. The highest BCUT2D eigenvalue weighted by Gasteiger charge is 2.65. The fourth-order valence-electron chi connectivity index (χ4n) is 9.97. The number of aliphatic hydroxyl groups is 3. The molecule has 11 atom stereocenters. The Morgan fingerprint density at radius 3 is 2.50 bits per heavy atom. The van der Waals surface area contributed by atoms with Gasteiger partial charge >= 0.3 is 0 Å². The number of rotatable bonds is 8. The minimum absolute atomic E-state index is 0.0340. The normalized spacial score (nSPS) is 41.3. The molecule has 0 radical (unpaired) electrons. The molecule has 4 aliphatic rings. The van der Waals surface area contributed by atoms with E-state index in [2.05, 4.69) is 26.1 Å². The lowest BCUT2D eigenvalue weighted by molar-refractivity contribution is -0.207. The number of hydrogen-bond donors (Lipinski definition) is 4. The topological polar surface area (TPSA) is 108 Å². The van der Waals surface area contributed by atoms with Gasteiger partial charge in [0.1, 0.15) is 0 Å². The molecule has 4 N–H and O–H groups in total. The Balaban J connectivity index is 1.21. The van der Waals surface area contributed by atoms with Crippen molar-refractivity contribution in [3.63, 3.8) is 0 Å². The van der Waals surface area contributed by atoms with Crippen LogP contribution >= 0.6 is 0 Å². The summed E-state index contributed by atoms with van der Waals surface area (Å²) in [6.45, 7) is 7.33. The third kappa shape index (κ3) is 5.05. The summed E-state index contributed by atoms with van der Waals surface area (Å²) in [6, 6.07) is 5.66. The van der Waals surface area contributed by atoms with Crippen LogP contribution in [-0.2, 0) is 11.3 Å². The predicted octanol–water partition coefficient (Wildman–Crippen LogP) is 4.70. The summed E-state index contributed by atoms with van der Waals surface area (Å²) in [6.07, 6.45) is 6.42. The van der Waals surface area contributed by atoms with E-state index in [0.29, 0.717) is 54.1 Å². The Labute approximate surface area is 240 Å². The van der Waals surface area contributed by atoms with Crippen LogP contribution in [0.25, 0.3) is 0 Å². The van der Waals surface area contributed by atoms with Crippen molar-refractivity contribution in [2.24, 2.45) is 46.3 Å². The van der Waals surface area contributed by atoms with Crippen LogP contribution in [-0.4, -0.2) is 53.8 Å². The van der Waals surface area contributed by atoms with Crippen LogP contribution in [0.1, 0.15) is 84.1 Å². The van der Waals surface area contributed by atoms with Crippen LogP contribution in [0.3, 0.4) is 0 Å². The molecule has 1 aromatic rings. The lowest BCUT2D eigenvalue weighted by Gasteiger charge is -2.63. The molecule has 1 aromatic carbocycles. The van der Waals surface area contributed by atoms with E-state index >= 15 is 0 Å². The fourth-order valence-corrected chi connectivity index (χ4v) is 9.97. The van der Waals surface area contributed by atoms with Gasteiger partial charge in [-0.2, -0.15) is 0 Å². The van der Waals surface area contributed by atoms with E-state index in [0.717, 1.165) is 56.9 Å². The second kappa shape index (κ2) is 11.4. The first kappa shape index (κ1) is 29.7. The quantitative estimate of drug-likeness (QED) is 0.369. The van der Waals surface area contributed by atoms with Gasteiger partial charge in [0.25, 0.3) is 0 Å². The molecule has 7 heteroatoms. The van der Waals surface area contributed by atoms with Crippen LogP contribution < -0.4 is 14.8 Å². The van der Waals surface area contributed by atoms with Gasteiger partial charge in [-0.05, 0) is 115 Å². The monoisotopic (exact) mass is 557 g/mol. The summed E-state index contributed by atoms with van der Waals surface area (Å²) in [5.74, 6) is 3.13. The molecule has 0 aromatic heterocycles. The maximum atomic E-state index is 12.8. The molecule has 7 nitrogen and oxygen atoms in total. The summed E-state index contributed by atoms with van der Waals surface area (Å²) < 4.78 is 10.7. The molecule has 0 saturated heterocycles. The van der Waals surface area contributed by atoms with Gasteiger partial charge in [0, 0.05) is 13.0 Å². The lowest BCUT2D eigenvalue weighted by atomic mass is 9.43. The van der Waals surface area contributed by atoms with Crippen molar-refractivity contribution in [3.05, 3.63) is 23.8 Å². The number of aliphatic hydroxyl groups excluding tert-OH is 3. The standard InChI is InChI=1S/C33H51NO6/c1-19(6-11-30(38)34-18-20-7-10-27(39-4)28(14-20)40-5)23-8-9-24-31-25(17-29(37)33(23,24)3)32(2)13-12-22(35)15-21(32)16-26(31)36/h7,10,14,19,21-26,29,31,35-37H,6,8-9,11-13,15-18H2,1-5H3,(H,34,38)/t19-,21+,22-,23-,24+,25+,26-,29+,31+,32+,33-/m1/s1. The lowest BCUT2D eigenvalue weighted by Crippen LogP contribution is -2.62. The highest BCUT2D eigenvalue weighted by Crippen LogP contribution is 2.68. The number of amides is 1. The minimum Gasteiger partial charge on any atom is -0.493 e. The first-order valence-electron chi connectivity index (χ1n) is 15.5. The second-order valence-electron chi connectivity index (χ2n) is 14.0. The van der Waals surface area contributed by atoms with Gasteiger partial charge in [-0.15, -0.1) is 0 Å². The number of carbonyl (C=O) groups is 1. The minimum atomic E-state index is -0.401. The third-order valence-corrected chi connectivity index (χ3v) is 12.3. The Kier molecular flexibility index (Phi) is 8.49. The van der Waals surface area contributed by atoms with Crippen LogP contribution in [0, 0.1) is 46.3 Å². The molecule has 0 aliphatic heterocycles. The van der Waals surface area contributed by atoms with Crippen molar-refractivity contribution in [3.8, 4) is 11.5 Å². The molecule has 4 fully saturated rings. The maximum Gasteiger partial charge on any atom is 0.220 e. The van der Waals surface area contributed by atoms with Gasteiger partial charge in [0.2, 0.25) is 5.91 Å². The van der Waals surface area contributed by atoms with Crippen molar-refractivity contribution in [1.29, 1.82) is 0 Å². The number of ether oxygens (including phenoxy) is 2. The van der Waals surface area contributed by atoms with Crippen molar-refractivity contribution < 1.29 is 29.6 Å². The van der Waals surface area contributed by atoms with E-state index in [1.807, 2.05) is 18.2 Å². The average Bonchev–Trinajstić information content (AvgIpc) is 3.30. The van der Waals surface area contributed by atoms with E-state index in [1.54, 1.807) is 14.2 Å². The van der Waals surface area contributed by atoms with E-state index < -0.39 is 6.10 Å². The molecule has 4 aliphatic carbocycles. The van der Waals surface area contributed by atoms with Crippen LogP contribution in [0.5, 0.6) is 11.5 Å². The Hall–Kier alpha value is -1.83. The molecular formula is C33H51NO6. The molecule has 0 bridgehead atoms. The third-order valence-electron chi connectivity index (χ3n) is 12.3. The highest BCUT2D eigenvalue weighted by atomic mass is 16.5. The van der Waals surface area contributed by atoms with E-state index in [-0.39, 0.29) is 34.9 Å². The first-order valence-corrected chi connectivity index (χ1v) is 15.5. The molecule has 4 saturated carbocycles. The Morgan fingerprint density at radius 1 is 1.02 bits per heavy atom. The van der Waals surface area contributed by atoms with Crippen LogP contribution in [0.4, 0.5) is 0 Å². The number of benzene rings is 1. The summed E-state index contributed by atoms with van der Waals surface area (Å²) in [5, 5.41) is 36.6. The van der Waals surface area contributed by atoms with Crippen LogP contribution in [0.15, 0.2) is 18.2 Å². The number of nitrogens with one attached hydrogen (secondary N) is 1. The maximum absolute atomic E-state index is 12.8. The van der Waals surface area contributed by atoms with Gasteiger partial charge in [-0.25, -0.2) is 0 Å². The van der Waals surface area contributed by atoms with E-state index in [1.165, 1.54) is 0 Å². The van der Waals surface area contributed by atoms with Gasteiger partial charge in [-0.3, -0.25) is 4.79 Å². The SMILES string of the molecule is COc1ccc(CNC(=O)CC[C@@H](C)[C@H]2CC[C@H]3[C@@H]4[C@H](O)C[C@@H]5C[C@H](O)CC[C@]5(C)[C@H]4C[C@H](O)[C@]23C)cc1OC. The zero-order valence-electron chi connectivity index (χ0n) is 25.1. The Bertz CT molecular complexity index is 1060. The van der Waals surface area contributed by atoms with Gasteiger partial charge in [-0.1, -0.05) is 26.8 Å².